The second-order valence-electron chi connectivity index (χ2n) is 5.34. The Bertz CT molecular complexity index is 431. The first-order valence-corrected chi connectivity index (χ1v) is 8.81. The molecule has 0 amide bonds. The molecule has 0 radical (unpaired) electrons. The van der Waals surface area contributed by atoms with Gasteiger partial charge in [-0.05, 0) is 48.2 Å². The second kappa shape index (κ2) is 7.83. The zero-order valence-corrected chi connectivity index (χ0v) is 13.4. The van der Waals surface area contributed by atoms with Crippen LogP contribution in [-0.4, -0.2) is 6.54 Å². The van der Waals surface area contributed by atoms with E-state index in [0.717, 1.165) is 18.9 Å². The molecule has 1 atom stereocenters. The highest BCUT2D eigenvalue weighted by atomic mass is 32.1. The van der Waals surface area contributed by atoms with Gasteiger partial charge in [0.05, 0.1) is 0 Å². The van der Waals surface area contributed by atoms with Crippen LogP contribution in [0, 0.1) is 5.92 Å². The van der Waals surface area contributed by atoms with E-state index in [1.165, 1.54) is 22.6 Å². The quantitative estimate of drug-likeness (QED) is 0.666. The van der Waals surface area contributed by atoms with E-state index < -0.39 is 0 Å². The summed E-state index contributed by atoms with van der Waals surface area (Å²) in [4.78, 5) is 2.92. The summed E-state index contributed by atoms with van der Waals surface area (Å²) in [5.41, 5.74) is 0. The summed E-state index contributed by atoms with van der Waals surface area (Å²) in [6.07, 6.45) is 3.69. The Hall–Kier alpha value is -0.640. The van der Waals surface area contributed by atoms with Gasteiger partial charge in [0.15, 0.2) is 0 Å². The fraction of sp³-hybridized carbons (Fsp3) is 0.500. The lowest BCUT2D eigenvalue weighted by molar-refractivity contribution is 0.484. The molecule has 0 aromatic carbocycles. The van der Waals surface area contributed by atoms with E-state index in [-0.39, 0.29) is 0 Å². The molecule has 0 spiro atoms. The first kappa shape index (κ1) is 14.8. The van der Waals surface area contributed by atoms with Gasteiger partial charge in [0, 0.05) is 22.2 Å². The third-order valence-electron chi connectivity index (χ3n) is 3.22. The van der Waals surface area contributed by atoms with Crippen molar-refractivity contribution in [2.75, 3.05) is 6.54 Å². The average molecular weight is 294 g/mol. The predicted octanol–water partition coefficient (Wildman–Crippen LogP) is 5.12. The molecule has 2 aromatic heterocycles. The molecular formula is C16H23NS2. The van der Waals surface area contributed by atoms with E-state index in [1.54, 1.807) is 0 Å². The van der Waals surface area contributed by atoms with E-state index in [0.29, 0.717) is 6.04 Å². The molecule has 19 heavy (non-hydrogen) atoms. The van der Waals surface area contributed by atoms with Gasteiger partial charge < -0.3 is 5.32 Å². The summed E-state index contributed by atoms with van der Waals surface area (Å²) in [5, 5.41) is 8.07. The van der Waals surface area contributed by atoms with Gasteiger partial charge in [-0.15, -0.1) is 22.7 Å². The van der Waals surface area contributed by atoms with Crippen molar-refractivity contribution in [1.82, 2.24) is 5.32 Å². The fourth-order valence-electron chi connectivity index (χ4n) is 2.18. The molecule has 2 rings (SSSR count). The van der Waals surface area contributed by atoms with Gasteiger partial charge in [0.2, 0.25) is 0 Å². The lowest BCUT2D eigenvalue weighted by Gasteiger charge is -2.17. The molecule has 3 heteroatoms. The highest BCUT2D eigenvalue weighted by Gasteiger charge is 2.13. The Kier molecular flexibility index (Phi) is 6.08. The largest absolute Gasteiger partial charge is 0.309 e. The van der Waals surface area contributed by atoms with Gasteiger partial charge in [-0.1, -0.05) is 26.0 Å². The van der Waals surface area contributed by atoms with E-state index in [9.17, 15) is 0 Å². The Morgan fingerprint density at radius 3 is 2.53 bits per heavy atom. The summed E-state index contributed by atoms with van der Waals surface area (Å²) < 4.78 is 0. The van der Waals surface area contributed by atoms with Gasteiger partial charge in [-0.25, -0.2) is 0 Å². The minimum absolute atomic E-state index is 0.478. The first-order valence-electron chi connectivity index (χ1n) is 7.05. The molecule has 0 saturated carbocycles. The molecule has 0 bridgehead atoms. The van der Waals surface area contributed by atoms with Crippen LogP contribution in [0.2, 0.25) is 0 Å². The van der Waals surface area contributed by atoms with Crippen molar-refractivity contribution in [3.05, 3.63) is 44.8 Å². The van der Waals surface area contributed by atoms with E-state index in [2.05, 4.69) is 54.2 Å². The molecular weight excluding hydrogens is 270 g/mol. The number of hydrogen-bond acceptors (Lipinski definition) is 3. The highest BCUT2D eigenvalue weighted by molar-refractivity contribution is 7.10. The predicted molar refractivity (Wildman–Crippen MR) is 87.2 cm³/mol. The topological polar surface area (TPSA) is 12.0 Å². The minimum Gasteiger partial charge on any atom is -0.309 e. The van der Waals surface area contributed by atoms with Crippen LogP contribution in [0.25, 0.3) is 0 Å². The highest BCUT2D eigenvalue weighted by Crippen LogP contribution is 2.25. The molecule has 0 aliphatic heterocycles. The lowest BCUT2D eigenvalue weighted by Crippen LogP contribution is -2.23. The van der Waals surface area contributed by atoms with Crippen LogP contribution < -0.4 is 5.32 Å². The van der Waals surface area contributed by atoms with Crippen molar-refractivity contribution >= 4 is 22.7 Å². The van der Waals surface area contributed by atoms with E-state index >= 15 is 0 Å². The zero-order valence-electron chi connectivity index (χ0n) is 11.8. The van der Waals surface area contributed by atoms with Crippen LogP contribution in [0.1, 0.15) is 42.5 Å². The second-order valence-corrected chi connectivity index (χ2v) is 7.35. The molecule has 0 aliphatic rings. The zero-order chi connectivity index (χ0) is 13.5. The van der Waals surface area contributed by atoms with Gasteiger partial charge in [0.1, 0.15) is 0 Å². The Balaban J connectivity index is 1.88. The number of thiophene rings is 2. The average Bonchev–Trinajstić information content (AvgIpc) is 3.05. The van der Waals surface area contributed by atoms with Gasteiger partial charge in [0.25, 0.3) is 0 Å². The van der Waals surface area contributed by atoms with Crippen LogP contribution in [0.4, 0.5) is 0 Å². The summed E-state index contributed by atoms with van der Waals surface area (Å²) in [6, 6.07) is 9.26. The maximum absolute atomic E-state index is 3.73. The Labute approximate surface area is 124 Å². The van der Waals surface area contributed by atoms with Gasteiger partial charge in [-0.2, -0.15) is 0 Å². The van der Waals surface area contributed by atoms with Crippen molar-refractivity contribution in [1.29, 1.82) is 0 Å². The molecule has 0 saturated heterocycles. The summed E-state index contributed by atoms with van der Waals surface area (Å²) in [7, 11) is 0. The normalized spacial score (nSPS) is 13.0. The van der Waals surface area contributed by atoms with Crippen molar-refractivity contribution in [2.45, 2.75) is 39.2 Å². The minimum atomic E-state index is 0.478. The third kappa shape index (κ3) is 5.09. The number of rotatable bonds is 8. The van der Waals surface area contributed by atoms with Crippen LogP contribution in [0.5, 0.6) is 0 Å². The van der Waals surface area contributed by atoms with E-state index in [4.69, 9.17) is 0 Å². The lowest BCUT2D eigenvalue weighted by atomic mass is 10.1. The van der Waals surface area contributed by atoms with Crippen LogP contribution in [0.3, 0.4) is 0 Å². The fourth-order valence-corrected chi connectivity index (χ4v) is 3.73. The maximum atomic E-state index is 3.73. The molecule has 104 valence electrons. The van der Waals surface area contributed by atoms with Crippen molar-refractivity contribution in [3.8, 4) is 0 Å². The standard InChI is InChI=1S/C16H23NS2/c1-13(2)6-3-9-17-15(16-8-5-11-19-16)12-14-7-4-10-18-14/h4-5,7-8,10-11,13,15,17H,3,6,9,12H2,1-2H3. The molecule has 1 nitrogen and oxygen atoms in total. The SMILES string of the molecule is CC(C)CCCNC(Cc1cccs1)c1cccs1. The van der Waals surface area contributed by atoms with Crippen LogP contribution in [0.15, 0.2) is 35.0 Å². The van der Waals surface area contributed by atoms with Gasteiger partial charge in [-0.3, -0.25) is 0 Å². The summed E-state index contributed by atoms with van der Waals surface area (Å²) in [5.74, 6) is 0.805. The number of hydrogen-bond donors (Lipinski definition) is 1. The molecule has 0 fully saturated rings. The molecule has 2 heterocycles. The maximum Gasteiger partial charge on any atom is 0.0463 e. The van der Waals surface area contributed by atoms with E-state index in [1.807, 2.05) is 22.7 Å². The van der Waals surface area contributed by atoms with Crippen molar-refractivity contribution in [2.24, 2.45) is 5.92 Å². The monoisotopic (exact) mass is 293 g/mol. The Morgan fingerprint density at radius 2 is 1.89 bits per heavy atom. The smallest absolute Gasteiger partial charge is 0.0463 e. The summed E-state index contributed by atoms with van der Waals surface area (Å²) in [6.45, 7) is 5.71. The number of nitrogens with one attached hydrogen (secondary N) is 1. The molecule has 2 aromatic rings. The first-order chi connectivity index (χ1) is 9.25. The molecule has 1 N–H and O–H groups in total. The van der Waals surface area contributed by atoms with Crippen molar-refractivity contribution in [3.63, 3.8) is 0 Å². The van der Waals surface area contributed by atoms with Crippen molar-refractivity contribution < 1.29 is 0 Å². The third-order valence-corrected chi connectivity index (χ3v) is 5.11. The summed E-state index contributed by atoms with van der Waals surface area (Å²) >= 11 is 3.72. The molecule has 1 unspecified atom stereocenters. The van der Waals surface area contributed by atoms with Gasteiger partial charge >= 0.3 is 0 Å². The Morgan fingerprint density at radius 1 is 1.11 bits per heavy atom. The van der Waals surface area contributed by atoms with Crippen LogP contribution >= 0.6 is 22.7 Å². The molecule has 0 aliphatic carbocycles. The van der Waals surface area contributed by atoms with Crippen LogP contribution in [-0.2, 0) is 6.42 Å².